The van der Waals surface area contributed by atoms with Crippen LogP contribution in [0.25, 0.3) is 0 Å². The fraction of sp³-hybridized carbons (Fsp3) is 0.611. The number of aliphatic imine (C=N–C) groups is 1. The lowest BCUT2D eigenvalue weighted by atomic mass is 10.2. The highest BCUT2D eigenvalue weighted by Gasteiger charge is 2.21. The van der Waals surface area contributed by atoms with Crippen LogP contribution in [-0.4, -0.2) is 50.5 Å². The highest BCUT2D eigenvalue weighted by Crippen LogP contribution is 2.28. The summed E-state index contributed by atoms with van der Waals surface area (Å²) in [5, 5.41) is 3.35. The van der Waals surface area contributed by atoms with Gasteiger partial charge in [0, 0.05) is 31.6 Å². The second-order valence-electron chi connectivity index (χ2n) is 5.96. The van der Waals surface area contributed by atoms with Gasteiger partial charge in [0.15, 0.2) is 5.96 Å². The largest absolute Gasteiger partial charge is 0.379 e. The normalized spacial score (nSPS) is 14.2. The number of nitrogens with zero attached hydrogens (tertiary/aromatic N) is 2. The number of hydrogen-bond donors (Lipinski definition) is 1. The molecule has 0 aliphatic heterocycles. The van der Waals surface area contributed by atoms with E-state index in [1.165, 1.54) is 23.3 Å². The van der Waals surface area contributed by atoms with E-state index in [1.54, 1.807) is 11.8 Å². The van der Waals surface area contributed by atoms with E-state index in [0.29, 0.717) is 6.54 Å². The molecule has 1 N–H and O–H groups in total. The quantitative estimate of drug-likeness (QED) is 0.199. The SMILES string of the molecule is CCNC(=NCc1ccc(SC)cc1)N(C)CCOCC1CC1.I. The molecular weight excluding hydrogens is 433 g/mol. The average molecular weight is 463 g/mol. The van der Waals surface area contributed by atoms with Crippen molar-refractivity contribution in [2.24, 2.45) is 10.9 Å². The molecule has 0 amide bonds. The maximum absolute atomic E-state index is 5.72. The van der Waals surface area contributed by atoms with Crippen molar-refractivity contribution in [3.8, 4) is 0 Å². The first-order valence-electron chi connectivity index (χ1n) is 8.43. The lowest BCUT2D eigenvalue weighted by Crippen LogP contribution is -2.40. The average Bonchev–Trinajstić information content (AvgIpc) is 3.40. The highest BCUT2D eigenvalue weighted by molar-refractivity contribution is 14.0. The third-order valence-electron chi connectivity index (χ3n) is 3.89. The zero-order valence-corrected chi connectivity index (χ0v) is 18.1. The molecule has 0 unspecified atom stereocenters. The van der Waals surface area contributed by atoms with E-state index in [1.807, 2.05) is 0 Å². The van der Waals surface area contributed by atoms with Crippen LogP contribution in [0.3, 0.4) is 0 Å². The van der Waals surface area contributed by atoms with Gasteiger partial charge in [0.25, 0.3) is 0 Å². The first-order chi connectivity index (χ1) is 11.2. The predicted molar refractivity (Wildman–Crippen MR) is 115 cm³/mol. The summed E-state index contributed by atoms with van der Waals surface area (Å²) in [5.74, 6) is 1.77. The molecule has 2 rings (SSSR count). The lowest BCUT2D eigenvalue weighted by Gasteiger charge is -2.22. The molecule has 1 aliphatic rings. The van der Waals surface area contributed by atoms with Crippen molar-refractivity contribution >= 4 is 41.7 Å². The van der Waals surface area contributed by atoms with Crippen molar-refractivity contribution in [3.63, 3.8) is 0 Å². The highest BCUT2D eigenvalue weighted by atomic mass is 127. The van der Waals surface area contributed by atoms with Crippen LogP contribution >= 0.6 is 35.7 Å². The Morgan fingerprint density at radius 3 is 2.62 bits per heavy atom. The fourth-order valence-electron chi connectivity index (χ4n) is 2.21. The number of benzene rings is 1. The summed E-state index contributed by atoms with van der Waals surface area (Å²) < 4.78 is 5.72. The summed E-state index contributed by atoms with van der Waals surface area (Å²) >= 11 is 1.76. The summed E-state index contributed by atoms with van der Waals surface area (Å²) in [4.78, 5) is 8.17. The van der Waals surface area contributed by atoms with Gasteiger partial charge in [-0.25, -0.2) is 4.99 Å². The van der Waals surface area contributed by atoms with Crippen molar-refractivity contribution in [2.75, 3.05) is 39.6 Å². The summed E-state index contributed by atoms with van der Waals surface area (Å²) in [6, 6.07) is 8.60. The Kier molecular flexibility index (Phi) is 10.8. The van der Waals surface area contributed by atoms with Gasteiger partial charge in [-0.05, 0) is 49.6 Å². The van der Waals surface area contributed by atoms with Gasteiger partial charge in [0.2, 0.25) is 0 Å². The molecule has 0 atom stereocenters. The van der Waals surface area contributed by atoms with Crippen LogP contribution in [0.15, 0.2) is 34.2 Å². The molecule has 1 aromatic rings. The third-order valence-corrected chi connectivity index (χ3v) is 4.63. The van der Waals surface area contributed by atoms with Crippen LogP contribution in [0.2, 0.25) is 0 Å². The molecule has 0 bridgehead atoms. The molecule has 0 spiro atoms. The van der Waals surface area contributed by atoms with Gasteiger partial charge < -0.3 is 15.0 Å². The molecule has 24 heavy (non-hydrogen) atoms. The summed E-state index contributed by atoms with van der Waals surface area (Å²) in [5.41, 5.74) is 1.23. The lowest BCUT2D eigenvalue weighted by molar-refractivity contribution is 0.115. The zero-order valence-electron chi connectivity index (χ0n) is 15.0. The second-order valence-corrected chi connectivity index (χ2v) is 6.84. The number of thioether (sulfide) groups is 1. The Bertz CT molecular complexity index is 492. The maximum Gasteiger partial charge on any atom is 0.194 e. The summed E-state index contributed by atoms with van der Waals surface area (Å²) in [6.45, 7) is 6.22. The second kappa shape index (κ2) is 12.0. The van der Waals surface area contributed by atoms with Crippen LogP contribution in [-0.2, 0) is 11.3 Å². The number of rotatable bonds is 9. The van der Waals surface area contributed by atoms with Gasteiger partial charge in [-0.3, -0.25) is 0 Å². The Hall–Kier alpha value is -0.470. The molecule has 0 saturated heterocycles. The molecular formula is C18H30IN3OS. The molecule has 0 radical (unpaired) electrons. The zero-order chi connectivity index (χ0) is 16.5. The fourth-order valence-corrected chi connectivity index (χ4v) is 2.62. The Morgan fingerprint density at radius 2 is 2.04 bits per heavy atom. The Morgan fingerprint density at radius 1 is 1.33 bits per heavy atom. The van der Waals surface area contributed by atoms with Crippen LogP contribution in [0.4, 0.5) is 0 Å². The Labute approximate surface area is 167 Å². The van der Waals surface area contributed by atoms with Gasteiger partial charge in [-0.15, -0.1) is 35.7 Å². The molecule has 0 aromatic heterocycles. The molecule has 0 heterocycles. The number of nitrogens with one attached hydrogen (secondary N) is 1. The smallest absolute Gasteiger partial charge is 0.194 e. The third kappa shape index (κ3) is 8.07. The molecule has 136 valence electrons. The predicted octanol–water partition coefficient (Wildman–Crippen LogP) is 3.85. The summed E-state index contributed by atoms with van der Waals surface area (Å²) in [7, 11) is 2.07. The standard InChI is InChI=1S/C18H29N3OS.HI/c1-4-19-18(21(2)11-12-22-14-16-5-6-16)20-13-15-7-9-17(23-3)10-8-15;/h7-10,16H,4-6,11-14H2,1-3H3,(H,19,20);1H. The van der Waals surface area contributed by atoms with E-state index >= 15 is 0 Å². The van der Waals surface area contributed by atoms with Crippen molar-refractivity contribution in [1.29, 1.82) is 0 Å². The van der Waals surface area contributed by atoms with Crippen LogP contribution in [0.5, 0.6) is 0 Å². The van der Waals surface area contributed by atoms with E-state index in [4.69, 9.17) is 9.73 Å². The number of likely N-dealkylation sites (N-methyl/N-ethyl adjacent to an activating group) is 1. The van der Waals surface area contributed by atoms with Crippen molar-refractivity contribution in [1.82, 2.24) is 10.2 Å². The van der Waals surface area contributed by atoms with E-state index < -0.39 is 0 Å². The van der Waals surface area contributed by atoms with E-state index in [-0.39, 0.29) is 24.0 Å². The minimum Gasteiger partial charge on any atom is -0.379 e. The number of ether oxygens (including phenoxy) is 1. The first-order valence-corrected chi connectivity index (χ1v) is 9.65. The van der Waals surface area contributed by atoms with Crippen molar-refractivity contribution in [2.45, 2.75) is 31.2 Å². The number of guanidine groups is 1. The molecule has 1 fully saturated rings. The van der Waals surface area contributed by atoms with Gasteiger partial charge in [-0.1, -0.05) is 12.1 Å². The monoisotopic (exact) mass is 463 g/mol. The van der Waals surface area contributed by atoms with Gasteiger partial charge in [0.1, 0.15) is 0 Å². The van der Waals surface area contributed by atoms with E-state index in [2.05, 4.69) is 54.7 Å². The van der Waals surface area contributed by atoms with Gasteiger partial charge >= 0.3 is 0 Å². The minimum absolute atomic E-state index is 0. The van der Waals surface area contributed by atoms with Gasteiger partial charge in [0.05, 0.1) is 13.2 Å². The number of hydrogen-bond acceptors (Lipinski definition) is 3. The number of halogens is 1. The maximum atomic E-state index is 5.72. The first kappa shape index (κ1) is 21.6. The van der Waals surface area contributed by atoms with Crippen LogP contribution < -0.4 is 5.32 Å². The molecule has 1 saturated carbocycles. The molecule has 4 nitrogen and oxygen atoms in total. The minimum atomic E-state index is 0. The topological polar surface area (TPSA) is 36.9 Å². The van der Waals surface area contributed by atoms with Crippen LogP contribution in [0.1, 0.15) is 25.3 Å². The molecule has 6 heteroatoms. The van der Waals surface area contributed by atoms with Gasteiger partial charge in [-0.2, -0.15) is 0 Å². The molecule has 1 aromatic carbocycles. The van der Waals surface area contributed by atoms with Crippen molar-refractivity contribution in [3.05, 3.63) is 29.8 Å². The Balaban J connectivity index is 0.00000288. The van der Waals surface area contributed by atoms with Crippen LogP contribution in [0, 0.1) is 5.92 Å². The van der Waals surface area contributed by atoms with Crippen molar-refractivity contribution < 1.29 is 4.74 Å². The van der Waals surface area contributed by atoms with E-state index in [9.17, 15) is 0 Å². The van der Waals surface area contributed by atoms with E-state index in [0.717, 1.165) is 38.2 Å². The summed E-state index contributed by atoms with van der Waals surface area (Å²) in [6.07, 6.45) is 4.78. The molecule has 1 aliphatic carbocycles.